The fourth-order valence-corrected chi connectivity index (χ4v) is 1.90. The van der Waals surface area contributed by atoms with Crippen molar-refractivity contribution in [1.82, 2.24) is 4.98 Å². The Bertz CT molecular complexity index is 535. The van der Waals surface area contributed by atoms with Crippen molar-refractivity contribution >= 4 is 17.2 Å². The Labute approximate surface area is 102 Å². The third-order valence-corrected chi connectivity index (χ3v) is 2.78. The van der Waals surface area contributed by atoms with Crippen LogP contribution in [0.3, 0.4) is 0 Å². The van der Waals surface area contributed by atoms with Gasteiger partial charge in [-0.25, -0.2) is 4.98 Å². The summed E-state index contributed by atoms with van der Waals surface area (Å²) in [5.41, 5.74) is 9.85. The van der Waals surface area contributed by atoms with Gasteiger partial charge in [-0.1, -0.05) is 12.1 Å². The maximum Gasteiger partial charge on any atom is 0.135 e. The highest BCUT2D eigenvalue weighted by atomic mass is 15.2. The summed E-state index contributed by atoms with van der Waals surface area (Å²) in [4.78, 5) is 6.46. The van der Waals surface area contributed by atoms with Crippen molar-refractivity contribution in [3.8, 4) is 0 Å². The average molecular weight is 227 g/mol. The zero-order chi connectivity index (χ0) is 12.4. The van der Waals surface area contributed by atoms with Crippen LogP contribution in [0.25, 0.3) is 0 Å². The molecule has 0 aliphatic rings. The molecule has 0 bridgehead atoms. The van der Waals surface area contributed by atoms with Crippen LogP contribution in [0, 0.1) is 13.8 Å². The highest BCUT2D eigenvalue weighted by Gasteiger charge is 2.08. The monoisotopic (exact) mass is 227 g/mol. The summed E-state index contributed by atoms with van der Waals surface area (Å²) in [5.74, 6) is 0.935. The lowest BCUT2D eigenvalue weighted by atomic mass is 10.2. The summed E-state index contributed by atoms with van der Waals surface area (Å²) >= 11 is 0. The molecule has 2 rings (SSSR count). The van der Waals surface area contributed by atoms with Crippen molar-refractivity contribution < 1.29 is 0 Å². The fourth-order valence-electron chi connectivity index (χ4n) is 1.90. The number of benzene rings is 1. The molecule has 0 unspecified atom stereocenters. The van der Waals surface area contributed by atoms with E-state index in [1.54, 1.807) is 6.20 Å². The first-order chi connectivity index (χ1) is 8.08. The van der Waals surface area contributed by atoms with Crippen molar-refractivity contribution in [2.75, 3.05) is 17.7 Å². The maximum absolute atomic E-state index is 5.71. The first-order valence-electron chi connectivity index (χ1n) is 5.60. The Balaban J connectivity index is 2.40. The third-order valence-electron chi connectivity index (χ3n) is 2.78. The fraction of sp³-hybridized carbons (Fsp3) is 0.214. The minimum absolute atomic E-state index is 0.698. The number of pyridine rings is 1. The van der Waals surface area contributed by atoms with Crippen LogP contribution in [0.2, 0.25) is 0 Å². The number of nitrogens with zero attached hydrogens (tertiary/aromatic N) is 2. The topological polar surface area (TPSA) is 42.2 Å². The molecule has 0 saturated carbocycles. The highest BCUT2D eigenvalue weighted by Crippen LogP contribution is 2.25. The van der Waals surface area contributed by atoms with Crippen LogP contribution in [-0.2, 0) is 0 Å². The Morgan fingerprint density at radius 1 is 1.18 bits per heavy atom. The van der Waals surface area contributed by atoms with E-state index in [1.807, 2.05) is 26.1 Å². The van der Waals surface area contributed by atoms with Crippen molar-refractivity contribution in [2.45, 2.75) is 13.8 Å². The van der Waals surface area contributed by atoms with E-state index in [2.05, 4.69) is 35.0 Å². The largest absolute Gasteiger partial charge is 0.397 e. The third kappa shape index (κ3) is 2.38. The molecule has 0 spiro atoms. The van der Waals surface area contributed by atoms with Gasteiger partial charge >= 0.3 is 0 Å². The molecule has 2 N–H and O–H groups in total. The lowest BCUT2D eigenvalue weighted by Crippen LogP contribution is -2.13. The predicted molar refractivity (Wildman–Crippen MR) is 72.6 cm³/mol. The smallest absolute Gasteiger partial charge is 0.135 e. The van der Waals surface area contributed by atoms with Crippen molar-refractivity contribution in [3.63, 3.8) is 0 Å². The van der Waals surface area contributed by atoms with Gasteiger partial charge in [-0.3, -0.25) is 0 Å². The number of hydrogen-bond acceptors (Lipinski definition) is 3. The SMILES string of the molecule is Cc1cccc(N(C)c2ncc(N)cc2C)c1. The summed E-state index contributed by atoms with van der Waals surface area (Å²) in [7, 11) is 2.01. The van der Waals surface area contributed by atoms with Gasteiger partial charge in [-0.2, -0.15) is 0 Å². The predicted octanol–water partition coefficient (Wildman–Crippen LogP) is 3.05. The van der Waals surface area contributed by atoms with Crippen LogP contribution < -0.4 is 10.6 Å². The minimum atomic E-state index is 0.698. The first-order valence-corrected chi connectivity index (χ1v) is 5.60. The van der Waals surface area contributed by atoms with Gasteiger partial charge < -0.3 is 10.6 Å². The van der Waals surface area contributed by atoms with E-state index < -0.39 is 0 Å². The molecule has 1 heterocycles. The Kier molecular flexibility index (Phi) is 3.00. The van der Waals surface area contributed by atoms with Crippen molar-refractivity contribution in [2.24, 2.45) is 0 Å². The number of nitrogens with two attached hydrogens (primary N) is 1. The van der Waals surface area contributed by atoms with Crippen LogP contribution >= 0.6 is 0 Å². The molecule has 0 aliphatic carbocycles. The first kappa shape index (κ1) is 11.5. The molecule has 0 radical (unpaired) electrons. The zero-order valence-electron chi connectivity index (χ0n) is 10.4. The van der Waals surface area contributed by atoms with Crippen molar-refractivity contribution in [3.05, 3.63) is 47.7 Å². The molecule has 88 valence electrons. The lowest BCUT2D eigenvalue weighted by Gasteiger charge is -2.20. The second kappa shape index (κ2) is 4.45. The zero-order valence-corrected chi connectivity index (χ0v) is 10.4. The summed E-state index contributed by atoms with van der Waals surface area (Å²) < 4.78 is 0. The Morgan fingerprint density at radius 3 is 2.59 bits per heavy atom. The van der Waals surface area contributed by atoms with Crippen LogP contribution in [0.1, 0.15) is 11.1 Å². The van der Waals surface area contributed by atoms with E-state index in [4.69, 9.17) is 5.73 Å². The van der Waals surface area contributed by atoms with E-state index in [-0.39, 0.29) is 0 Å². The number of rotatable bonds is 2. The van der Waals surface area contributed by atoms with Gasteiger partial charge in [0.15, 0.2) is 0 Å². The molecular weight excluding hydrogens is 210 g/mol. The number of anilines is 3. The molecule has 0 fully saturated rings. The van der Waals surface area contributed by atoms with Crippen LogP contribution in [-0.4, -0.2) is 12.0 Å². The summed E-state index contributed by atoms with van der Waals surface area (Å²) in [5, 5.41) is 0. The highest BCUT2D eigenvalue weighted by molar-refractivity contribution is 5.64. The number of nitrogen functional groups attached to an aromatic ring is 1. The minimum Gasteiger partial charge on any atom is -0.397 e. The second-order valence-electron chi connectivity index (χ2n) is 4.31. The maximum atomic E-state index is 5.71. The van der Waals surface area contributed by atoms with Gasteiger partial charge in [-0.15, -0.1) is 0 Å². The van der Waals surface area contributed by atoms with Crippen LogP contribution in [0.5, 0.6) is 0 Å². The summed E-state index contributed by atoms with van der Waals surface area (Å²) in [6.45, 7) is 4.10. The summed E-state index contributed by atoms with van der Waals surface area (Å²) in [6, 6.07) is 10.3. The van der Waals surface area contributed by atoms with Gasteiger partial charge in [0.1, 0.15) is 5.82 Å². The summed E-state index contributed by atoms with van der Waals surface area (Å²) in [6.07, 6.45) is 1.69. The standard InChI is InChI=1S/C14H17N3/c1-10-5-4-6-13(7-10)17(3)14-11(2)8-12(15)9-16-14/h4-9H,15H2,1-3H3. The van der Waals surface area contributed by atoms with Gasteiger partial charge in [0.05, 0.1) is 11.9 Å². The van der Waals surface area contributed by atoms with E-state index in [9.17, 15) is 0 Å². The van der Waals surface area contributed by atoms with E-state index in [1.165, 1.54) is 5.56 Å². The van der Waals surface area contributed by atoms with E-state index in [0.717, 1.165) is 17.1 Å². The Hall–Kier alpha value is -2.03. The van der Waals surface area contributed by atoms with E-state index in [0.29, 0.717) is 5.69 Å². The van der Waals surface area contributed by atoms with Crippen molar-refractivity contribution in [1.29, 1.82) is 0 Å². The molecule has 0 atom stereocenters. The molecule has 17 heavy (non-hydrogen) atoms. The molecule has 1 aromatic heterocycles. The molecule has 3 nitrogen and oxygen atoms in total. The van der Waals surface area contributed by atoms with Crippen LogP contribution in [0.15, 0.2) is 36.5 Å². The van der Waals surface area contributed by atoms with Gasteiger partial charge in [0.25, 0.3) is 0 Å². The molecule has 3 heteroatoms. The molecule has 2 aromatic rings. The second-order valence-corrected chi connectivity index (χ2v) is 4.31. The Morgan fingerprint density at radius 2 is 1.94 bits per heavy atom. The number of aryl methyl sites for hydroxylation is 2. The number of hydrogen-bond donors (Lipinski definition) is 1. The molecule has 1 aromatic carbocycles. The van der Waals surface area contributed by atoms with Gasteiger partial charge in [-0.05, 0) is 43.2 Å². The van der Waals surface area contributed by atoms with Gasteiger partial charge in [0, 0.05) is 12.7 Å². The number of aromatic nitrogens is 1. The molecule has 0 aliphatic heterocycles. The van der Waals surface area contributed by atoms with Gasteiger partial charge in [0.2, 0.25) is 0 Å². The van der Waals surface area contributed by atoms with Crippen LogP contribution in [0.4, 0.5) is 17.2 Å². The quantitative estimate of drug-likeness (QED) is 0.857. The normalized spacial score (nSPS) is 10.3. The van der Waals surface area contributed by atoms with E-state index >= 15 is 0 Å². The molecular formula is C14H17N3. The molecule has 0 amide bonds. The average Bonchev–Trinajstić information content (AvgIpc) is 2.28. The molecule has 0 saturated heterocycles. The lowest BCUT2D eigenvalue weighted by molar-refractivity contribution is 1.10.